The highest BCUT2D eigenvalue weighted by molar-refractivity contribution is 5.85. The number of nitrogens with one attached hydrogen (secondary N) is 1. The van der Waals surface area contributed by atoms with Gasteiger partial charge in [0.05, 0.1) is 6.54 Å². The van der Waals surface area contributed by atoms with Crippen molar-refractivity contribution in [1.29, 1.82) is 0 Å². The molecule has 4 nitrogen and oxygen atoms in total. The number of carbonyl (C=O) groups excluding carboxylic acids is 1. The first kappa shape index (κ1) is 17.7. The quantitative estimate of drug-likeness (QED) is 0.908. The topological polar surface area (TPSA) is 35.6 Å². The maximum Gasteiger partial charge on any atom is 0.237 e. The summed E-state index contributed by atoms with van der Waals surface area (Å²) < 4.78 is 0. The van der Waals surface area contributed by atoms with Gasteiger partial charge in [-0.05, 0) is 50.3 Å². The van der Waals surface area contributed by atoms with E-state index in [4.69, 9.17) is 0 Å². The van der Waals surface area contributed by atoms with E-state index in [2.05, 4.69) is 41.5 Å². The Balaban J connectivity index is 0.00000169. The summed E-state index contributed by atoms with van der Waals surface area (Å²) in [5.41, 5.74) is 2.72. The standard InChI is InChI=1S/C19H27N3O.ClH/c1-21(18-10-16-6-7-17(11-18)20-16)13-19(23)22-9-8-14-4-2-3-5-15(14)12-22;/h2-5,16-18,20H,6-13H2,1H3;1H. The smallest absolute Gasteiger partial charge is 0.237 e. The highest BCUT2D eigenvalue weighted by Gasteiger charge is 2.35. The molecule has 0 saturated carbocycles. The van der Waals surface area contributed by atoms with Crippen LogP contribution in [-0.4, -0.2) is 54.0 Å². The molecule has 3 aliphatic rings. The first-order chi connectivity index (χ1) is 11.2. The Labute approximate surface area is 151 Å². The molecule has 1 amide bonds. The summed E-state index contributed by atoms with van der Waals surface area (Å²) in [6, 6.07) is 10.4. The van der Waals surface area contributed by atoms with Gasteiger partial charge in [-0.2, -0.15) is 0 Å². The maximum atomic E-state index is 12.7. The number of carbonyl (C=O) groups is 1. The minimum atomic E-state index is 0. The average molecular weight is 350 g/mol. The van der Waals surface area contributed by atoms with Crippen LogP contribution < -0.4 is 5.32 Å². The molecule has 24 heavy (non-hydrogen) atoms. The molecule has 2 atom stereocenters. The van der Waals surface area contributed by atoms with Gasteiger partial charge in [-0.25, -0.2) is 0 Å². The fourth-order valence-corrected chi connectivity index (χ4v) is 4.54. The molecule has 3 heterocycles. The molecule has 2 saturated heterocycles. The predicted molar refractivity (Wildman–Crippen MR) is 98.4 cm³/mol. The lowest BCUT2D eigenvalue weighted by Gasteiger charge is -2.37. The molecule has 0 aliphatic carbocycles. The SMILES string of the molecule is CN(CC(=O)N1CCc2ccccc2C1)C1CC2CCC(C1)N2.Cl. The highest BCUT2D eigenvalue weighted by atomic mass is 35.5. The summed E-state index contributed by atoms with van der Waals surface area (Å²) in [6.45, 7) is 2.20. The number of benzene rings is 1. The van der Waals surface area contributed by atoms with Gasteiger partial charge in [-0.1, -0.05) is 24.3 Å². The van der Waals surface area contributed by atoms with Crippen LogP contribution in [0.5, 0.6) is 0 Å². The van der Waals surface area contributed by atoms with Gasteiger partial charge in [0.15, 0.2) is 0 Å². The molecular weight excluding hydrogens is 322 g/mol. The number of likely N-dealkylation sites (N-methyl/N-ethyl adjacent to an activating group) is 1. The molecule has 4 rings (SSSR count). The zero-order valence-electron chi connectivity index (χ0n) is 14.4. The molecule has 5 heteroatoms. The zero-order chi connectivity index (χ0) is 15.8. The van der Waals surface area contributed by atoms with Crippen LogP contribution in [-0.2, 0) is 17.8 Å². The third-order valence-electron chi connectivity index (χ3n) is 5.94. The van der Waals surface area contributed by atoms with Crippen molar-refractivity contribution in [2.45, 2.75) is 56.8 Å². The molecule has 2 bridgehead atoms. The van der Waals surface area contributed by atoms with E-state index in [-0.39, 0.29) is 18.3 Å². The Kier molecular flexibility index (Phi) is 5.48. The molecular formula is C19H28ClN3O. The summed E-state index contributed by atoms with van der Waals surface area (Å²) in [4.78, 5) is 17.0. The zero-order valence-corrected chi connectivity index (χ0v) is 15.2. The second kappa shape index (κ2) is 7.42. The van der Waals surface area contributed by atoms with Crippen LogP contribution in [0.3, 0.4) is 0 Å². The van der Waals surface area contributed by atoms with E-state index in [0.717, 1.165) is 19.5 Å². The van der Waals surface area contributed by atoms with E-state index in [9.17, 15) is 4.79 Å². The van der Waals surface area contributed by atoms with Gasteiger partial charge < -0.3 is 10.2 Å². The van der Waals surface area contributed by atoms with Crippen molar-refractivity contribution in [3.63, 3.8) is 0 Å². The summed E-state index contributed by atoms with van der Waals surface area (Å²) >= 11 is 0. The van der Waals surface area contributed by atoms with Crippen molar-refractivity contribution < 1.29 is 4.79 Å². The lowest BCUT2D eigenvalue weighted by Crippen LogP contribution is -2.50. The van der Waals surface area contributed by atoms with Crippen LogP contribution in [0.25, 0.3) is 0 Å². The molecule has 0 spiro atoms. The molecule has 1 aromatic rings. The largest absolute Gasteiger partial charge is 0.337 e. The minimum Gasteiger partial charge on any atom is -0.337 e. The second-order valence-corrected chi connectivity index (χ2v) is 7.51. The second-order valence-electron chi connectivity index (χ2n) is 7.51. The summed E-state index contributed by atoms with van der Waals surface area (Å²) in [5, 5.41) is 3.68. The number of piperidine rings is 1. The molecule has 132 valence electrons. The third kappa shape index (κ3) is 3.61. The van der Waals surface area contributed by atoms with Gasteiger partial charge in [-0.15, -0.1) is 12.4 Å². The van der Waals surface area contributed by atoms with E-state index >= 15 is 0 Å². The van der Waals surface area contributed by atoms with Crippen molar-refractivity contribution in [1.82, 2.24) is 15.1 Å². The number of fused-ring (bicyclic) bond motifs is 3. The van der Waals surface area contributed by atoms with Crippen LogP contribution >= 0.6 is 12.4 Å². The van der Waals surface area contributed by atoms with Crippen molar-refractivity contribution in [3.8, 4) is 0 Å². The van der Waals surface area contributed by atoms with Crippen LogP contribution in [0, 0.1) is 0 Å². The van der Waals surface area contributed by atoms with Crippen molar-refractivity contribution in [2.75, 3.05) is 20.1 Å². The van der Waals surface area contributed by atoms with Gasteiger partial charge in [-0.3, -0.25) is 9.69 Å². The van der Waals surface area contributed by atoms with Gasteiger partial charge in [0.1, 0.15) is 0 Å². The lowest BCUT2D eigenvalue weighted by molar-refractivity contribution is -0.133. The first-order valence-corrected chi connectivity index (χ1v) is 9.00. The normalized spacial score (nSPS) is 28.4. The fourth-order valence-electron chi connectivity index (χ4n) is 4.54. The lowest BCUT2D eigenvalue weighted by atomic mass is 9.98. The van der Waals surface area contributed by atoms with Crippen LogP contribution in [0.1, 0.15) is 36.8 Å². The summed E-state index contributed by atoms with van der Waals surface area (Å²) in [6.07, 6.45) is 6.01. The first-order valence-electron chi connectivity index (χ1n) is 9.00. The molecule has 1 N–H and O–H groups in total. The van der Waals surface area contributed by atoms with Gasteiger partial charge in [0, 0.05) is 31.2 Å². The summed E-state index contributed by atoms with van der Waals surface area (Å²) in [5.74, 6) is 0.285. The van der Waals surface area contributed by atoms with Gasteiger partial charge in [0.25, 0.3) is 0 Å². The predicted octanol–water partition coefficient (Wildman–Crippen LogP) is 2.21. The third-order valence-corrected chi connectivity index (χ3v) is 5.94. The van der Waals surface area contributed by atoms with Crippen molar-refractivity contribution in [2.24, 2.45) is 0 Å². The van der Waals surface area contributed by atoms with Crippen molar-refractivity contribution in [3.05, 3.63) is 35.4 Å². The van der Waals surface area contributed by atoms with E-state index in [0.29, 0.717) is 24.7 Å². The Hall–Kier alpha value is -1.10. The fraction of sp³-hybridized carbons (Fsp3) is 0.632. The number of hydrogen-bond donors (Lipinski definition) is 1. The molecule has 1 aromatic carbocycles. The van der Waals surface area contributed by atoms with E-state index in [1.807, 2.05) is 4.90 Å². The van der Waals surface area contributed by atoms with Gasteiger partial charge >= 0.3 is 0 Å². The maximum absolute atomic E-state index is 12.7. The highest BCUT2D eigenvalue weighted by Crippen LogP contribution is 2.29. The van der Waals surface area contributed by atoms with Crippen LogP contribution in [0.2, 0.25) is 0 Å². The number of rotatable bonds is 3. The summed E-state index contributed by atoms with van der Waals surface area (Å²) in [7, 11) is 2.13. The average Bonchev–Trinajstić information content (AvgIpc) is 2.92. The number of nitrogens with zero attached hydrogens (tertiary/aromatic N) is 2. The van der Waals surface area contributed by atoms with E-state index in [1.165, 1.54) is 36.8 Å². The number of halogens is 1. The van der Waals surface area contributed by atoms with Crippen molar-refractivity contribution >= 4 is 18.3 Å². The Morgan fingerprint density at radius 1 is 1.21 bits per heavy atom. The Morgan fingerprint density at radius 3 is 2.58 bits per heavy atom. The Bertz CT molecular complexity index is 582. The molecule has 0 aromatic heterocycles. The molecule has 2 unspecified atom stereocenters. The number of hydrogen-bond acceptors (Lipinski definition) is 3. The Morgan fingerprint density at radius 2 is 1.88 bits per heavy atom. The molecule has 3 aliphatic heterocycles. The van der Waals surface area contributed by atoms with E-state index < -0.39 is 0 Å². The van der Waals surface area contributed by atoms with Crippen LogP contribution in [0.4, 0.5) is 0 Å². The van der Waals surface area contributed by atoms with Crippen LogP contribution in [0.15, 0.2) is 24.3 Å². The molecule has 2 fully saturated rings. The minimum absolute atomic E-state index is 0. The molecule has 0 radical (unpaired) electrons. The monoisotopic (exact) mass is 349 g/mol. The van der Waals surface area contributed by atoms with Gasteiger partial charge in [0.2, 0.25) is 5.91 Å². The van der Waals surface area contributed by atoms with E-state index in [1.54, 1.807) is 0 Å². The number of amides is 1.